The van der Waals surface area contributed by atoms with Crippen LogP contribution in [0.4, 0.5) is 5.69 Å². The lowest BCUT2D eigenvalue weighted by Gasteiger charge is -2.15. The van der Waals surface area contributed by atoms with E-state index in [-0.39, 0.29) is 11.8 Å². The van der Waals surface area contributed by atoms with Crippen LogP contribution in [0.25, 0.3) is 0 Å². The van der Waals surface area contributed by atoms with Gasteiger partial charge in [0.1, 0.15) is 6.04 Å². The summed E-state index contributed by atoms with van der Waals surface area (Å²) in [6.07, 6.45) is 0. The van der Waals surface area contributed by atoms with Gasteiger partial charge in [-0.05, 0) is 56.2 Å². The molecular weight excluding hydrogens is 312 g/mol. The Morgan fingerprint density at radius 3 is 2.39 bits per heavy atom. The van der Waals surface area contributed by atoms with Crippen LogP contribution in [0, 0.1) is 13.8 Å². The molecule has 4 nitrogen and oxygen atoms in total. The number of aryl methyl sites for hydroxylation is 2. The number of benzene rings is 2. The Morgan fingerprint density at radius 1 is 1.04 bits per heavy atom. The number of rotatable bonds is 4. The van der Waals surface area contributed by atoms with Crippen molar-refractivity contribution in [3.63, 3.8) is 0 Å². The second-order valence-corrected chi connectivity index (χ2v) is 5.87. The summed E-state index contributed by atoms with van der Waals surface area (Å²) >= 11 is 5.98. The highest BCUT2D eigenvalue weighted by Crippen LogP contribution is 2.16. The minimum absolute atomic E-state index is 0.284. The fraction of sp³-hybridized carbons (Fsp3) is 0.222. The maximum atomic E-state index is 12.2. The normalized spacial score (nSPS) is 11.7. The zero-order valence-corrected chi connectivity index (χ0v) is 14.1. The van der Waals surface area contributed by atoms with Gasteiger partial charge in [0.25, 0.3) is 5.91 Å². The van der Waals surface area contributed by atoms with E-state index in [1.807, 2.05) is 32.0 Å². The van der Waals surface area contributed by atoms with Crippen molar-refractivity contribution in [2.75, 3.05) is 5.32 Å². The van der Waals surface area contributed by atoms with E-state index in [2.05, 4.69) is 10.6 Å². The fourth-order valence-corrected chi connectivity index (χ4v) is 2.28. The van der Waals surface area contributed by atoms with Crippen LogP contribution in [0.3, 0.4) is 0 Å². The summed E-state index contributed by atoms with van der Waals surface area (Å²) in [5.74, 6) is -0.660. The van der Waals surface area contributed by atoms with Gasteiger partial charge in [-0.15, -0.1) is 0 Å². The van der Waals surface area contributed by atoms with Crippen LogP contribution in [-0.4, -0.2) is 17.9 Å². The number of amides is 2. The third-order valence-electron chi connectivity index (χ3n) is 3.63. The predicted octanol–water partition coefficient (Wildman–Crippen LogP) is 3.71. The van der Waals surface area contributed by atoms with Gasteiger partial charge in [-0.1, -0.05) is 29.8 Å². The van der Waals surface area contributed by atoms with Crippen LogP contribution >= 0.6 is 11.6 Å². The van der Waals surface area contributed by atoms with Crippen molar-refractivity contribution in [2.24, 2.45) is 0 Å². The van der Waals surface area contributed by atoms with Crippen LogP contribution in [-0.2, 0) is 4.79 Å². The zero-order chi connectivity index (χ0) is 17.0. The molecule has 0 heterocycles. The first-order valence-electron chi connectivity index (χ1n) is 7.32. The molecule has 0 aliphatic carbocycles. The van der Waals surface area contributed by atoms with Crippen LogP contribution < -0.4 is 10.6 Å². The number of nitrogens with one attached hydrogen (secondary N) is 2. The Labute approximate surface area is 140 Å². The van der Waals surface area contributed by atoms with Gasteiger partial charge < -0.3 is 10.6 Å². The summed E-state index contributed by atoms with van der Waals surface area (Å²) in [6, 6.07) is 11.7. The third kappa shape index (κ3) is 4.33. The first kappa shape index (κ1) is 17.0. The molecule has 0 aliphatic heterocycles. The number of carbonyl (C=O) groups excluding carboxylic acids is 2. The average molecular weight is 331 g/mol. The standard InChI is InChI=1S/C18H19ClN2O2/c1-11-8-9-14(10-12(11)2)21-17(22)13(3)20-18(23)15-6-4-5-7-16(15)19/h4-10,13H,1-3H3,(H,20,23)(H,21,22)/t13-/m0/s1. The molecule has 0 fully saturated rings. The largest absolute Gasteiger partial charge is 0.340 e. The van der Waals surface area contributed by atoms with Crippen LogP contribution in [0.5, 0.6) is 0 Å². The van der Waals surface area contributed by atoms with Crippen molar-refractivity contribution in [1.82, 2.24) is 5.32 Å². The number of hydrogen-bond donors (Lipinski definition) is 2. The quantitative estimate of drug-likeness (QED) is 0.897. The van der Waals surface area contributed by atoms with Gasteiger partial charge >= 0.3 is 0 Å². The van der Waals surface area contributed by atoms with Gasteiger partial charge in [-0.25, -0.2) is 0 Å². The molecule has 0 aromatic heterocycles. The Hall–Kier alpha value is -2.33. The van der Waals surface area contributed by atoms with Gasteiger partial charge in [0.05, 0.1) is 10.6 Å². The molecule has 0 radical (unpaired) electrons. The van der Waals surface area contributed by atoms with Crippen molar-refractivity contribution < 1.29 is 9.59 Å². The van der Waals surface area contributed by atoms with E-state index >= 15 is 0 Å². The van der Waals surface area contributed by atoms with E-state index in [1.54, 1.807) is 31.2 Å². The molecule has 2 aromatic rings. The van der Waals surface area contributed by atoms with Gasteiger partial charge in [0.15, 0.2) is 0 Å². The molecule has 0 saturated carbocycles. The van der Waals surface area contributed by atoms with E-state index in [0.29, 0.717) is 16.3 Å². The van der Waals surface area contributed by atoms with E-state index < -0.39 is 6.04 Å². The van der Waals surface area contributed by atoms with E-state index in [1.165, 1.54) is 0 Å². The number of anilines is 1. The summed E-state index contributed by atoms with van der Waals surface area (Å²) < 4.78 is 0. The maximum Gasteiger partial charge on any atom is 0.253 e. The van der Waals surface area contributed by atoms with Crippen LogP contribution in [0.15, 0.2) is 42.5 Å². The molecule has 120 valence electrons. The van der Waals surface area contributed by atoms with Gasteiger partial charge in [-0.3, -0.25) is 9.59 Å². The van der Waals surface area contributed by atoms with E-state index in [9.17, 15) is 9.59 Å². The monoisotopic (exact) mass is 330 g/mol. The van der Waals surface area contributed by atoms with Crippen molar-refractivity contribution in [3.05, 3.63) is 64.2 Å². The van der Waals surface area contributed by atoms with Crippen molar-refractivity contribution in [3.8, 4) is 0 Å². The highest BCUT2D eigenvalue weighted by molar-refractivity contribution is 6.33. The lowest BCUT2D eigenvalue weighted by Crippen LogP contribution is -2.41. The highest BCUT2D eigenvalue weighted by atomic mass is 35.5. The second-order valence-electron chi connectivity index (χ2n) is 5.46. The maximum absolute atomic E-state index is 12.2. The predicted molar refractivity (Wildman–Crippen MR) is 92.9 cm³/mol. The highest BCUT2D eigenvalue weighted by Gasteiger charge is 2.18. The molecule has 0 spiro atoms. The lowest BCUT2D eigenvalue weighted by molar-refractivity contribution is -0.117. The summed E-state index contributed by atoms with van der Waals surface area (Å²) in [5.41, 5.74) is 3.30. The smallest absolute Gasteiger partial charge is 0.253 e. The molecule has 0 bridgehead atoms. The van der Waals surface area contributed by atoms with E-state index in [0.717, 1.165) is 11.1 Å². The number of hydrogen-bond acceptors (Lipinski definition) is 2. The molecule has 2 amide bonds. The molecule has 0 unspecified atom stereocenters. The second kappa shape index (κ2) is 7.29. The average Bonchev–Trinajstić information content (AvgIpc) is 2.51. The molecule has 23 heavy (non-hydrogen) atoms. The molecule has 0 aliphatic rings. The molecule has 2 rings (SSSR count). The van der Waals surface area contributed by atoms with Crippen molar-refractivity contribution in [1.29, 1.82) is 0 Å². The van der Waals surface area contributed by atoms with Crippen LogP contribution in [0.1, 0.15) is 28.4 Å². The molecule has 0 saturated heterocycles. The Morgan fingerprint density at radius 2 is 1.74 bits per heavy atom. The zero-order valence-electron chi connectivity index (χ0n) is 13.3. The minimum Gasteiger partial charge on any atom is -0.340 e. The first-order chi connectivity index (χ1) is 10.9. The number of halogens is 1. The van der Waals surface area contributed by atoms with Gasteiger partial charge in [0.2, 0.25) is 5.91 Å². The molecular formula is C18H19ClN2O2. The first-order valence-corrected chi connectivity index (χ1v) is 7.70. The van der Waals surface area contributed by atoms with E-state index in [4.69, 9.17) is 11.6 Å². The molecule has 5 heteroatoms. The fourth-order valence-electron chi connectivity index (χ4n) is 2.05. The summed E-state index contributed by atoms with van der Waals surface area (Å²) in [7, 11) is 0. The summed E-state index contributed by atoms with van der Waals surface area (Å²) in [6.45, 7) is 5.62. The Bertz CT molecular complexity index is 744. The SMILES string of the molecule is Cc1ccc(NC(=O)[C@H](C)NC(=O)c2ccccc2Cl)cc1C. The number of carbonyl (C=O) groups is 2. The summed E-state index contributed by atoms with van der Waals surface area (Å²) in [5, 5.41) is 5.80. The van der Waals surface area contributed by atoms with Crippen molar-refractivity contribution >= 4 is 29.1 Å². The lowest BCUT2D eigenvalue weighted by atomic mass is 10.1. The van der Waals surface area contributed by atoms with Crippen LogP contribution in [0.2, 0.25) is 5.02 Å². The van der Waals surface area contributed by atoms with Crippen molar-refractivity contribution in [2.45, 2.75) is 26.8 Å². The van der Waals surface area contributed by atoms with Gasteiger partial charge in [0, 0.05) is 5.69 Å². The Balaban J connectivity index is 2.01. The third-order valence-corrected chi connectivity index (χ3v) is 3.96. The summed E-state index contributed by atoms with van der Waals surface area (Å²) in [4.78, 5) is 24.4. The topological polar surface area (TPSA) is 58.2 Å². The molecule has 1 atom stereocenters. The minimum atomic E-state index is -0.680. The molecule has 2 aromatic carbocycles. The Kier molecular flexibility index (Phi) is 5.40. The molecule has 2 N–H and O–H groups in total. The van der Waals surface area contributed by atoms with Gasteiger partial charge in [-0.2, -0.15) is 0 Å².